The molecular weight excluding hydrogens is 326 g/mol. The Balaban J connectivity index is 1.93. The average molecular weight is 348 g/mol. The van der Waals surface area contributed by atoms with E-state index in [-0.39, 0.29) is 18.6 Å². The fraction of sp³-hybridized carbons (Fsp3) is 0.333. The molecule has 5 nitrogen and oxygen atoms in total. The number of hydrogen-bond donors (Lipinski definition) is 2. The maximum atomic E-state index is 12.4. The van der Waals surface area contributed by atoms with Gasteiger partial charge in [0.15, 0.2) is 0 Å². The zero-order chi connectivity index (χ0) is 17.4. The summed E-state index contributed by atoms with van der Waals surface area (Å²) in [5.41, 5.74) is 1.99. The molecule has 2 rings (SSSR count). The molecular formula is C18H22ClN3O2. The van der Waals surface area contributed by atoms with Gasteiger partial charge in [-0.25, -0.2) is 0 Å². The van der Waals surface area contributed by atoms with Crippen LogP contribution in [-0.2, 0) is 17.9 Å². The number of aromatic nitrogens is 1. The van der Waals surface area contributed by atoms with Crippen LogP contribution in [0.2, 0.25) is 5.02 Å². The summed E-state index contributed by atoms with van der Waals surface area (Å²) in [5, 5.41) is 12.9. The molecule has 2 aromatic rings. The summed E-state index contributed by atoms with van der Waals surface area (Å²) < 4.78 is 0. The van der Waals surface area contributed by atoms with Gasteiger partial charge in [0, 0.05) is 37.1 Å². The number of rotatable bonds is 8. The number of aliphatic hydroxyl groups is 1. The fourth-order valence-electron chi connectivity index (χ4n) is 2.37. The van der Waals surface area contributed by atoms with Gasteiger partial charge in [-0.1, -0.05) is 29.8 Å². The van der Waals surface area contributed by atoms with Crippen molar-refractivity contribution in [2.24, 2.45) is 0 Å². The number of carbonyl (C=O) groups is 1. The molecule has 1 atom stereocenters. The summed E-state index contributed by atoms with van der Waals surface area (Å²) in [4.78, 5) is 18.4. The second-order valence-corrected chi connectivity index (χ2v) is 6.01. The summed E-state index contributed by atoms with van der Waals surface area (Å²) in [6.45, 7) is 3.26. The van der Waals surface area contributed by atoms with E-state index in [0.29, 0.717) is 24.7 Å². The highest BCUT2D eigenvalue weighted by Gasteiger charge is 2.21. The van der Waals surface area contributed by atoms with Crippen LogP contribution >= 0.6 is 11.6 Å². The van der Waals surface area contributed by atoms with Crippen LogP contribution in [0, 0.1) is 0 Å². The molecule has 1 heterocycles. The highest BCUT2D eigenvalue weighted by atomic mass is 35.5. The zero-order valence-corrected chi connectivity index (χ0v) is 14.4. The Kier molecular flexibility index (Phi) is 7.18. The second-order valence-electron chi connectivity index (χ2n) is 5.58. The third-order valence-electron chi connectivity index (χ3n) is 3.80. The molecule has 0 aliphatic carbocycles. The van der Waals surface area contributed by atoms with Crippen molar-refractivity contribution in [3.63, 3.8) is 0 Å². The van der Waals surface area contributed by atoms with Crippen LogP contribution in [0.1, 0.15) is 18.1 Å². The highest BCUT2D eigenvalue weighted by molar-refractivity contribution is 6.30. The van der Waals surface area contributed by atoms with E-state index in [2.05, 4.69) is 10.3 Å². The number of halogens is 1. The minimum atomic E-state index is -0.357. The number of nitrogens with zero attached hydrogens (tertiary/aromatic N) is 2. The largest absolute Gasteiger partial charge is 0.395 e. The minimum Gasteiger partial charge on any atom is -0.395 e. The lowest BCUT2D eigenvalue weighted by molar-refractivity contribution is -0.126. The van der Waals surface area contributed by atoms with Gasteiger partial charge in [0.2, 0.25) is 5.91 Å². The Morgan fingerprint density at radius 1 is 1.29 bits per heavy atom. The quantitative estimate of drug-likeness (QED) is 0.768. The Morgan fingerprint density at radius 2 is 2.04 bits per heavy atom. The van der Waals surface area contributed by atoms with E-state index in [9.17, 15) is 9.90 Å². The van der Waals surface area contributed by atoms with Crippen molar-refractivity contribution >= 4 is 17.5 Å². The Hall–Kier alpha value is -1.95. The number of benzene rings is 1. The first kappa shape index (κ1) is 18.4. The van der Waals surface area contributed by atoms with Crippen molar-refractivity contribution in [2.45, 2.75) is 26.1 Å². The molecule has 0 saturated carbocycles. The molecule has 0 fully saturated rings. The maximum Gasteiger partial charge on any atom is 0.237 e. The lowest BCUT2D eigenvalue weighted by Crippen LogP contribution is -2.45. The topological polar surface area (TPSA) is 65.5 Å². The minimum absolute atomic E-state index is 0.00489. The molecule has 0 spiro atoms. The third-order valence-corrected chi connectivity index (χ3v) is 4.05. The summed E-state index contributed by atoms with van der Waals surface area (Å²) >= 11 is 5.86. The van der Waals surface area contributed by atoms with Crippen molar-refractivity contribution in [1.29, 1.82) is 0 Å². The van der Waals surface area contributed by atoms with E-state index in [4.69, 9.17) is 11.6 Å². The van der Waals surface area contributed by atoms with Crippen LogP contribution in [0.4, 0.5) is 0 Å². The molecule has 128 valence electrons. The molecule has 24 heavy (non-hydrogen) atoms. The van der Waals surface area contributed by atoms with E-state index in [1.165, 1.54) is 0 Å². The van der Waals surface area contributed by atoms with E-state index >= 15 is 0 Å². The predicted octanol–water partition coefficient (Wildman–Crippen LogP) is 2.23. The molecule has 0 aliphatic heterocycles. The van der Waals surface area contributed by atoms with Crippen molar-refractivity contribution in [3.8, 4) is 0 Å². The van der Waals surface area contributed by atoms with Crippen LogP contribution in [0.25, 0.3) is 0 Å². The van der Waals surface area contributed by atoms with Gasteiger partial charge in [-0.2, -0.15) is 0 Å². The summed E-state index contributed by atoms with van der Waals surface area (Å²) in [6, 6.07) is 10.8. The van der Waals surface area contributed by atoms with Crippen LogP contribution < -0.4 is 5.32 Å². The Morgan fingerprint density at radius 3 is 2.67 bits per heavy atom. The lowest BCUT2D eigenvalue weighted by Gasteiger charge is -2.27. The molecule has 0 aliphatic rings. The fourth-order valence-corrected chi connectivity index (χ4v) is 2.50. The van der Waals surface area contributed by atoms with Crippen molar-refractivity contribution in [2.75, 3.05) is 13.2 Å². The Labute approximate surface area is 147 Å². The first-order chi connectivity index (χ1) is 11.6. The molecule has 0 saturated heterocycles. The standard InChI is InChI=1S/C18H22ClN3O2/c1-14(18(24)21-12-15-4-6-17(19)7-5-15)22(9-10-23)13-16-3-2-8-20-11-16/h2-8,11,14,23H,9-10,12-13H2,1H3,(H,21,24). The average Bonchev–Trinajstić information content (AvgIpc) is 2.61. The molecule has 1 aromatic heterocycles. The van der Waals surface area contributed by atoms with Crippen LogP contribution in [0.5, 0.6) is 0 Å². The SMILES string of the molecule is CC(C(=O)NCc1ccc(Cl)cc1)N(CCO)Cc1cccnc1. The van der Waals surface area contributed by atoms with Gasteiger partial charge in [-0.15, -0.1) is 0 Å². The van der Waals surface area contributed by atoms with E-state index in [0.717, 1.165) is 11.1 Å². The number of hydrogen-bond acceptors (Lipinski definition) is 4. The number of nitrogens with one attached hydrogen (secondary N) is 1. The Bertz CT molecular complexity index is 634. The molecule has 2 N–H and O–H groups in total. The highest BCUT2D eigenvalue weighted by Crippen LogP contribution is 2.10. The summed E-state index contributed by atoms with van der Waals surface area (Å²) in [6.07, 6.45) is 3.48. The smallest absolute Gasteiger partial charge is 0.237 e. The normalized spacial score (nSPS) is 12.2. The number of carbonyl (C=O) groups excluding carboxylic acids is 1. The van der Waals surface area contributed by atoms with Crippen LogP contribution in [0.15, 0.2) is 48.8 Å². The van der Waals surface area contributed by atoms with Crippen LogP contribution in [0.3, 0.4) is 0 Å². The summed E-state index contributed by atoms with van der Waals surface area (Å²) in [5.74, 6) is -0.0812. The molecule has 1 unspecified atom stereocenters. The van der Waals surface area contributed by atoms with Crippen molar-refractivity contribution in [1.82, 2.24) is 15.2 Å². The molecule has 0 radical (unpaired) electrons. The van der Waals surface area contributed by atoms with Gasteiger partial charge in [0.25, 0.3) is 0 Å². The third kappa shape index (κ3) is 5.60. The van der Waals surface area contributed by atoms with Gasteiger partial charge >= 0.3 is 0 Å². The van der Waals surface area contributed by atoms with E-state index in [1.807, 2.05) is 36.1 Å². The molecule has 1 amide bonds. The number of amides is 1. The monoisotopic (exact) mass is 347 g/mol. The van der Waals surface area contributed by atoms with E-state index in [1.54, 1.807) is 24.5 Å². The second kappa shape index (κ2) is 9.37. The molecule has 0 bridgehead atoms. The molecule has 6 heteroatoms. The van der Waals surface area contributed by atoms with E-state index < -0.39 is 0 Å². The first-order valence-corrected chi connectivity index (χ1v) is 8.24. The van der Waals surface area contributed by atoms with Gasteiger partial charge in [0.1, 0.15) is 0 Å². The number of aliphatic hydroxyl groups excluding tert-OH is 1. The first-order valence-electron chi connectivity index (χ1n) is 7.86. The van der Waals surface area contributed by atoms with Crippen molar-refractivity contribution < 1.29 is 9.90 Å². The van der Waals surface area contributed by atoms with Gasteiger partial charge in [0.05, 0.1) is 12.6 Å². The summed E-state index contributed by atoms with van der Waals surface area (Å²) in [7, 11) is 0. The van der Waals surface area contributed by atoms with Gasteiger partial charge in [-0.05, 0) is 36.2 Å². The van der Waals surface area contributed by atoms with Gasteiger partial charge < -0.3 is 10.4 Å². The predicted molar refractivity (Wildman–Crippen MR) is 94.5 cm³/mol. The molecule has 1 aromatic carbocycles. The van der Waals surface area contributed by atoms with Crippen LogP contribution in [-0.4, -0.2) is 40.1 Å². The number of pyridine rings is 1. The maximum absolute atomic E-state index is 12.4. The lowest BCUT2D eigenvalue weighted by atomic mass is 10.2. The zero-order valence-electron chi connectivity index (χ0n) is 13.7. The van der Waals surface area contributed by atoms with Crippen molar-refractivity contribution in [3.05, 3.63) is 64.9 Å². The van der Waals surface area contributed by atoms with Gasteiger partial charge in [-0.3, -0.25) is 14.7 Å².